The molecule has 21 heavy (non-hydrogen) atoms. The number of carboxylic acids is 1. The highest BCUT2D eigenvalue weighted by Gasteiger charge is 2.39. The van der Waals surface area contributed by atoms with Crippen molar-refractivity contribution in [2.45, 2.75) is 26.3 Å². The first-order valence-electron chi connectivity index (χ1n) is 6.49. The predicted octanol–water partition coefficient (Wildman–Crippen LogP) is 1.31. The maximum Gasteiger partial charge on any atom is 0.332 e. The summed E-state index contributed by atoms with van der Waals surface area (Å²) in [4.78, 5) is 37.4. The molecule has 0 aliphatic carbocycles. The van der Waals surface area contributed by atoms with Gasteiger partial charge in [-0.3, -0.25) is 4.79 Å². The predicted molar refractivity (Wildman–Crippen MR) is 75.3 cm³/mol. The van der Waals surface area contributed by atoms with E-state index in [1.54, 1.807) is 6.92 Å². The van der Waals surface area contributed by atoms with Crippen LogP contribution < -0.4 is 0 Å². The number of H-pyrrole nitrogens is 1. The highest BCUT2D eigenvalue weighted by molar-refractivity contribution is 7.13. The first-order valence-corrected chi connectivity index (χ1v) is 7.30. The van der Waals surface area contributed by atoms with Crippen LogP contribution in [-0.4, -0.2) is 43.4 Å². The number of aryl methyl sites for hydroxylation is 2. The molecule has 1 atom stereocenters. The van der Waals surface area contributed by atoms with E-state index in [-0.39, 0.29) is 5.91 Å². The number of thiazole rings is 1. The lowest BCUT2D eigenvalue weighted by atomic mass is 10.0. The molecule has 3 rings (SSSR count). The van der Waals surface area contributed by atoms with Gasteiger partial charge < -0.3 is 15.0 Å². The molecule has 1 aliphatic heterocycles. The van der Waals surface area contributed by atoms with E-state index in [2.05, 4.69) is 15.0 Å². The number of imidazole rings is 1. The van der Waals surface area contributed by atoms with Gasteiger partial charge in [0, 0.05) is 18.7 Å². The van der Waals surface area contributed by atoms with Crippen LogP contribution in [0.4, 0.5) is 0 Å². The van der Waals surface area contributed by atoms with Crippen molar-refractivity contribution in [2.24, 2.45) is 0 Å². The maximum atomic E-state index is 12.7. The molecule has 0 spiro atoms. The fourth-order valence-corrected chi connectivity index (χ4v) is 3.48. The van der Waals surface area contributed by atoms with Crippen LogP contribution in [0, 0.1) is 13.8 Å². The van der Waals surface area contributed by atoms with Crippen molar-refractivity contribution >= 4 is 23.2 Å². The van der Waals surface area contributed by atoms with Gasteiger partial charge in [0.2, 0.25) is 0 Å². The van der Waals surface area contributed by atoms with Crippen molar-refractivity contribution in [3.63, 3.8) is 0 Å². The molecule has 0 radical (unpaired) electrons. The summed E-state index contributed by atoms with van der Waals surface area (Å²) in [5.74, 6) is -1.37. The summed E-state index contributed by atoms with van der Waals surface area (Å²) >= 11 is 1.29. The Balaban J connectivity index is 2.00. The summed E-state index contributed by atoms with van der Waals surface area (Å²) in [5, 5.41) is 10.3. The second-order valence-electron chi connectivity index (χ2n) is 4.90. The smallest absolute Gasteiger partial charge is 0.332 e. The highest BCUT2D eigenvalue weighted by atomic mass is 32.1. The Hall–Kier alpha value is -2.22. The van der Waals surface area contributed by atoms with Gasteiger partial charge in [0.1, 0.15) is 4.88 Å². The first-order chi connectivity index (χ1) is 9.99. The molecule has 1 amide bonds. The third-order valence-electron chi connectivity index (χ3n) is 3.52. The zero-order valence-corrected chi connectivity index (χ0v) is 12.4. The Kier molecular flexibility index (Phi) is 3.25. The number of hydrogen-bond acceptors (Lipinski definition) is 5. The van der Waals surface area contributed by atoms with E-state index in [4.69, 9.17) is 0 Å². The largest absolute Gasteiger partial charge is 0.479 e. The SMILES string of the molecule is Cc1nc(C)c(C(=O)N2CCc3[nH]cnc3[C@@H]2C(=O)O)s1. The number of nitrogens with one attached hydrogen (secondary N) is 1. The standard InChI is InChI=1S/C13H14N4O3S/c1-6-11(21-7(2)16-6)12(18)17-4-3-8-9(15-5-14-8)10(17)13(19)20/h5,10H,3-4H2,1-2H3,(H,14,15)(H,19,20)/t10-/m1/s1. The Bertz CT molecular complexity index is 721. The first kappa shape index (κ1) is 13.7. The summed E-state index contributed by atoms with van der Waals surface area (Å²) in [6, 6.07) is -1.05. The van der Waals surface area contributed by atoms with Crippen LogP contribution in [-0.2, 0) is 11.2 Å². The van der Waals surface area contributed by atoms with Gasteiger partial charge in [-0.25, -0.2) is 14.8 Å². The van der Waals surface area contributed by atoms with Crippen molar-refractivity contribution in [3.05, 3.63) is 33.3 Å². The van der Waals surface area contributed by atoms with Gasteiger partial charge in [-0.2, -0.15) is 0 Å². The number of rotatable bonds is 2. The second-order valence-corrected chi connectivity index (χ2v) is 6.11. The van der Waals surface area contributed by atoms with Crippen molar-refractivity contribution in [3.8, 4) is 0 Å². The molecule has 2 N–H and O–H groups in total. The fourth-order valence-electron chi connectivity index (χ4n) is 2.61. The third kappa shape index (κ3) is 2.21. The van der Waals surface area contributed by atoms with Gasteiger partial charge in [0.15, 0.2) is 6.04 Å². The van der Waals surface area contributed by atoms with E-state index >= 15 is 0 Å². The molecule has 0 bridgehead atoms. The lowest BCUT2D eigenvalue weighted by Crippen LogP contribution is -2.43. The minimum absolute atomic E-state index is 0.292. The van der Waals surface area contributed by atoms with E-state index < -0.39 is 12.0 Å². The molecule has 7 nitrogen and oxygen atoms in total. The van der Waals surface area contributed by atoms with E-state index in [9.17, 15) is 14.7 Å². The topological polar surface area (TPSA) is 99.2 Å². The quantitative estimate of drug-likeness (QED) is 0.871. The van der Waals surface area contributed by atoms with Crippen LogP contribution in [0.2, 0.25) is 0 Å². The molecule has 0 aromatic carbocycles. The molecule has 2 aromatic heterocycles. The zero-order valence-electron chi connectivity index (χ0n) is 11.6. The average Bonchev–Trinajstić information content (AvgIpc) is 3.02. The van der Waals surface area contributed by atoms with Crippen molar-refractivity contribution in [1.29, 1.82) is 0 Å². The monoisotopic (exact) mass is 306 g/mol. The number of hydrogen-bond donors (Lipinski definition) is 2. The number of aliphatic carboxylic acids is 1. The van der Waals surface area contributed by atoms with E-state index in [1.807, 2.05) is 6.92 Å². The lowest BCUT2D eigenvalue weighted by molar-refractivity contribution is -0.143. The summed E-state index contributed by atoms with van der Waals surface area (Å²) in [6.45, 7) is 3.93. The second kappa shape index (κ2) is 4.96. The Morgan fingerprint density at radius 3 is 2.86 bits per heavy atom. The molecule has 110 valence electrons. The molecule has 0 fully saturated rings. The molecule has 0 saturated heterocycles. The Morgan fingerprint density at radius 2 is 2.24 bits per heavy atom. The number of carbonyl (C=O) groups is 2. The Labute approximate surface area is 124 Å². The van der Waals surface area contributed by atoms with Crippen molar-refractivity contribution in [1.82, 2.24) is 19.9 Å². The minimum atomic E-state index is -1.07. The fraction of sp³-hybridized carbons (Fsp3) is 0.385. The molecule has 8 heteroatoms. The van der Waals surface area contributed by atoms with Gasteiger partial charge in [-0.1, -0.05) is 0 Å². The van der Waals surface area contributed by atoms with Gasteiger partial charge in [-0.05, 0) is 13.8 Å². The molecule has 1 aliphatic rings. The van der Waals surface area contributed by atoms with Crippen molar-refractivity contribution in [2.75, 3.05) is 6.54 Å². The zero-order chi connectivity index (χ0) is 15.1. The molecule has 3 heterocycles. The van der Waals surface area contributed by atoms with Crippen LogP contribution >= 0.6 is 11.3 Å². The number of aromatic amines is 1. The van der Waals surface area contributed by atoms with Gasteiger partial charge >= 0.3 is 5.97 Å². The highest BCUT2D eigenvalue weighted by Crippen LogP contribution is 2.30. The minimum Gasteiger partial charge on any atom is -0.479 e. The summed E-state index contributed by atoms with van der Waals surface area (Å²) < 4.78 is 0. The number of carbonyl (C=O) groups excluding carboxylic acids is 1. The number of aromatic nitrogens is 3. The van der Waals surface area contributed by atoms with Crippen molar-refractivity contribution < 1.29 is 14.7 Å². The third-order valence-corrected chi connectivity index (χ3v) is 4.58. The van der Waals surface area contributed by atoms with Crippen LogP contribution in [0.15, 0.2) is 6.33 Å². The number of carboxylic acid groups (broad SMARTS) is 1. The summed E-state index contributed by atoms with van der Waals surface area (Å²) in [5.41, 5.74) is 1.84. The van der Waals surface area contributed by atoms with E-state index in [0.717, 1.165) is 10.7 Å². The average molecular weight is 306 g/mol. The number of amides is 1. The number of nitrogens with zero attached hydrogens (tertiary/aromatic N) is 3. The lowest BCUT2D eigenvalue weighted by Gasteiger charge is -2.31. The van der Waals surface area contributed by atoms with Gasteiger partial charge in [0.25, 0.3) is 5.91 Å². The maximum absolute atomic E-state index is 12.7. The van der Waals surface area contributed by atoms with E-state index in [0.29, 0.717) is 29.2 Å². The van der Waals surface area contributed by atoms with Crippen LogP contribution in [0.3, 0.4) is 0 Å². The van der Waals surface area contributed by atoms with Crippen LogP contribution in [0.25, 0.3) is 0 Å². The summed E-state index contributed by atoms with van der Waals surface area (Å²) in [7, 11) is 0. The normalized spacial score (nSPS) is 17.6. The van der Waals surface area contributed by atoms with Gasteiger partial charge in [-0.15, -0.1) is 11.3 Å². The molecule has 0 saturated carbocycles. The van der Waals surface area contributed by atoms with Gasteiger partial charge in [0.05, 0.1) is 22.7 Å². The molecule has 0 unspecified atom stereocenters. The molecular formula is C13H14N4O3S. The molecular weight excluding hydrogens is 292 g/mol. The summed E-state index contributed by atoms with van der Waals surface area (Å²) in [6.07, 6.45) is 2.04. The van der Waals surface area contributed by atoms with Crippen LogP contribution in [0.1, 0.15) is 37.8 Å². The number of fused-ring (bicyclic) bond motifs is 1. The van der Waals surface area contributed by atoms with Crippen LogP contribution in [0.5, 0.6) is 0 Å². The Morgan fingerprint density at radius 1 is 1.48 bits per heavy atom. The molecule has 2 aromatic rings. The van der Waals surface area contributed by atoms with E-state index in [1.165, 1.54) is 22.6 Å².